The molecule has 4 nitrogen and oxygen atoms in total. The molecule has 0 bridgehead atoms. The Balaban J connectivity index is 2.76. The number of benzene rings is 1. The van der Waals surface area contributed by atoms with Gasteiger partial charge in [-0.25, -0.2) is 4.79 Å². The Kier molecular flexibility index (Phi) is 3.93. The van der Waals surface area contributed by atoms with Crippen LogP contribution in [-0.2, 0) is 4.74 Å². The molecule has 1 heterocycles. The van der Waals surface area contributed by atoms with Crippen molar-refractivity contribution in [2.24, 2.45) is 0 Å². The molecule has 0 saturated heterocycles. The van der Waals surface area contributed by atoms with Crippen molar-refractivity contribution in [2.75, 3.05) is 25.6 Å². The number of aromatic nitrogens is 1. The normalized spacial score (nSPS) is 10.7. The van der Waals surface area contributed by atoms with E-state index in [1.54, 1.807) is 13.1 Å². The van der Waals surface area contributed by atoms with Gasteiger partial charge in [0.2, 0.25) is 0 Å². The molecule has 0 unspecified atom stereocenters. The second kappa shape index (κ2) is 5.49. The van der Waals surface area contributed by atoms with Crippen LogP contribution in [0.15, 0.2) is 18.3 Å². The Labute approximate surface area is 119 Å². The fourth-order valence-corrected chi connectivity index (χ4v) is 2.33. The summed E-state index contributed by atoms with van der Waals surface area (Å²) in [6.07, 6.45) is 1.61. The number of anilines is 1. The quantitative estimate of drug-likeness (QED) is 0.805. The SMILES string of the molecule is CCOC(=O)c1cnc2c(C)c(C)ccc2c1N(C)C. The lowest BCUT2D eigenvalue weighted by Gasteiger charge is -2.20. The van der Waals surface area contributed by atoms with Crippen LogP contribution in [0.4, 0.5) is 5.69 Å². The summed E-state index contributed by atoms with van der Waals surface area (Å²) < 4.78 is 5.12. The number of pyridine rings is 1. The fourth-order valence-electron chi connectivity index (χ4n) is 2.33. The van der Waals surface area contributed by atoms with Gasteiger partial charge >= 0.3 is 5.97 Å². The number of esters is 1. The third-order valence-electron chi connectivity index (χ3n) is 3.48. The highest BCUT2D eigenvalue weighted by Crippen LogP contribution is 2.31. The third kappa shape index (κ3) is 2.33. The zero-order chi connectivity index (χ0) is 14.9. The summed E-state index contributed by atoms with van der Waals surface area (Å²) in [6.45, 7) is 6.27. The van der Waals surface area contributed by atoms with Crippen molar-refractivity contribution in [1.29, 1.82) is 0 Å². The van der Waals surface area contributed by atoms with Gasteiger partial charge < -0.3 is 9.64 Å². The molecule has 4 heteroatoms. The van der Waals surface area contributed by atoms with E-state index < -0.39 is 0 Å². The smallest absolute Gasteiger partial charge is 0.341 e. The highest BCUT2D eigenvalue weighted by molar-refractivity contribution is 6.05. The van der Waals surface area contributed by atoms with E-state index in [0.29, 0.717) is 12.2 Å². The maximum atomic E-state index is 12.1. The monoisotopic (exact) mass is 272 g/mol. The van der Waals surface area contributed by atoms with E-state index >= 15 is 0 Å². The van der Waals surface area contributed by atoms with E-state index in [1.807, 2.05) is 32.0 Å². The lowest BCUT2D eigenvalue weighted by atomic mass is 10.0. The van der Waals surface area contributed by atoms with Crippen LogP contribution in [0.3, 0.4) is 0 Å². The Hall–Kier alpha value is -2.10. The Bertz CT molecular complexity index is 663. The molecule has 0 atom stereocenters. The molecule has 0 radical (unpaired) electrons. The molecular weight excluding hydrogens is 252 g/mol. The van der Waals surface area contributed by atoms with Gasteiger partial charge in [-0.1, -0.05) is 12.1 Å². The maximum absolute atomic E-state index is 12.1. The molecule has 0 amide bonds. The third-order valence-corrected chi connectivity index (χ3v) is 3.48. The average molecular weight is 272 g/mol. The predicted molar refractivity (Wildman–Crippen MR) is 81.5 cm³/mol. The van der Waals surface area contributed by atoms with Crippen molar-refractivity contribution in [2.45, 2.75) is 20.8 Å². The van der Waals surface area contributed by atoms with Gasteiger partial charge in [0.05, 0.1) is 17.8 Å². The topological polar surface area (TPSA) is 42.4 Å². The molecular formula is C16H20N2O2. The molecule has 20 heavy (non-hydrogen) atoms. The van der Waals surface area contributed by atoms with Gasteiger partial charge in [0, 0.05) is 25.7 Å². The molecule has 2 rings (SSSR count). The summed E-state index contributed by atoms with van der Waals surface area (Å²) in [5.74, 6) is -0.330. The number of hydrogen-bond acceptors (Lipinski definition) is 4. The molecule has 0 N–H and O–H groups in total. The molecule has 0 fully saturated rings. The highest BCUT2D eigenvalue weighted by atomic mass is 16.5. The average Bonchev–Trinajstić information content (AvgIpc) is 2.41. The fraction of sp³-hybridized carbons (Fsp3) is 0.375. The summed E-state index contributed by atoms with van der Waals surface area (Å²) in [7, 11) is 3.85. The van der Waals surface area contributed by atoms with Crippen LogP contribution in [0.2, 0.25) is 0 Å². The van der Waals surface area contributed by atoms with Crippen LogP contribution in [0.1, 0.15) is 28.4 Å². The number of hydrogen-bond donors (Lipinski definition) is 0. The molecule has 0 aliphatic carbocycles. The lowest BCUT2D eigenvalue weighted by molar-refractivity contribution is 0.0527. The molecule has 0 aliphatic heterocycles. The van der Waals surface area contributed by atoms with E-state index in [4.69, 9.17) is 4.74 Å². The van der Waals surface area contributed by atoms with Crippen LogP contribution in [0.25, 0.3) is 10.9 Å². The van der Waals surface area contributed by atoms with Crippen LogP contribution in [-0.4, -0.2) is 31.7 Å². The van der Waals surface area contributed by atoms with E-state index in [2.05, 4.69) is 18.0 Å². The molecule has 0 saturated carbocycles. The van der Waals surface area contributed by atoms with Crippen molar-refractivity contribution >= 4 is 22.6 Å². The molecule has 1 aromatic heterocycles. The number of fused-ring (bicyclic) bond motifs is 1. The molecule has 0 spiro atoms. The summed E-state index contributed by atoms with van der Waals surface area (Å²) in [6, 6.07) is 4.07. The molecule has 1 aromatic carbocycles. The minimum absolute atomic E-state index is 0.330. The number of carbonyl (C=O) groups excluding carboxylic acids is 1. The van der Waals surface area contributed by atoms with E-state index in [9.17, 15) is 4.79 Å². The van der Waals surface area contributed by atoms with Crippen molar-refractivity contribution in [3.05, 3.63) is 35.0 Å². The minimum atomic E-state index is -0.330. The first-order valence-electron chi connectivity index (χ1n) is 6.70. The van der Waals surface area contributed by atoms with Gasteiger partial charge in [-0.15, -0.1) is 0 Å². The van der Waals surface area contributed by atoms with Gasteiger partial charge in [0.1, 0.15) is 5.56 Å². The molecule has 106 valence electrons. The minimum Gasteiger partial charge on any atom is -0.462 e. The predicted octanol–water partition coefficient (Wildman–Crippen LogP) is 3.09. The largest absolute Gasteiger partial charge is 0.462 e. The van der Waals surface area contributed by atoms with Crippen molar-refractivity contribution in [3.63, 3.8) is 0 Å². The Morgan fingerprint density at radius 2 is 2.00 bits per heavy atom. The van der Waals surface area contributed by atoms with Crippen LogP contribution < -0.4 is 4.90 Å². The number of aryl methyl sites for hydroxylation is 2. The highest BCUT2D eigenvalue weighted by Gasteiger charge is 2.19. The molecule has 2 aromatic rings. The van der Waals surface area contributed by atoms with Crippen molar-refractivity contribution in [3.8, 4) is 0 Å². The standard InChI is InChI=1S/C16H20N2O2/c1-6-20-16(19)13-9-17-14-11(3)10(2)7-8-12(14)15(13)18(4)5/h7-9H,6H2,1-5H3. The summed E-state index contributed by atoms with van der Waals surface area (Å²) >= 11 is 0. The number of ether oxygens (including phenoxy) is 1. The van der Waals surface area contributed by atoms with Gasteiger partial charge in [-0.3, -0.25) is 4.98 Å². The second-order valence-corrected chi connectivity index (χ2v) is 5.04. The summed E-state index contributed by atoms with van der Waals surface area (Å²) in [5, 5.41) is 0.976. The Morgan fingerprint density at radius 1 is 1.30 bits per heavy atom. The van der Waals surface area contributed by atoms with Gasteiger partial charge in [0.25, 0.3) is 0 Å². The van der Waals surface area contributed by atoms with E-state index in [-0.39, 0.29) is 5.97 Å². The zero-order valence-corrected chi connectivity index (χ0v) is 12.7. The van der Waals surface area contributed by atoms with Crippen LogP contribution in [0.5, 0.6) is 0 Å². The van der Waals surface area contributed by atoms with Crippen molar-refractivity contribution in [1.82, 2.24) is 4.98 Å². The summed E-state index contributed by atoms with van der Waals surface area (Å²) in [4.78, 5) is 18.5. The number of carbonyl (C=O) groups is 1. The number of nitrogens with zero attached hydrogens (tertiary/aromatic N) is 2. The van der Waals surface area contributed by atoms with Crippen LogP contribution in [0, 0.1) is 13.8 Å². The van der Waals surface area contributed by atoms with Gasteiger partial charge in [0.15, 0.2) is 0 Å². The van der Waals surface area contributed by atoms with Crippen molar-refractivity contribution < 1.29 is 9.53 Å². The Morgan fingerprint density at radius 3 is 2.60 bits per heavy atom. The zero-order valence-electron chi connectivity index (χ0n) is 12.7. The molecule has 0 aliphatic rings. The second-order valence-electron chi connectivity index (χ2n) is 5.04. The summed E-state index contributed by atoms with van der Waals surface area (Å²) in [5.41, 5.74) is 4.63. The van der Waals surface area contributed by atoms with E-state index in [0.717, 1.165) is 22.2 Å². The first-order valence-corrected chi connectivity index (χ1v) is 6.70. The first kappa shape index (κ1) is 14.3. The van der Waals surface area contributed by atoms with Gasteiger partial charge in [-0.05, 0) is 31.9 Å². The van der Waals surface area contributed by atoms with Gasteiger partial charge in [-0.2, -0.15) is 0 Å². The van der Waals surface area contributed by atoms with E-state index in [1.165, 1.54) is 5.56 Å². The lowest BCUT2D eigenvalue weighted by Crippen LogP contribution is -2.16. The maximum Gasteiger partial charge on any atom is 0.341 e. The number of rotatable bonds is 3. The van der Waals surface area contributed by atoms with Crippen LogP contribution >= 0.6 is 0 Å². The first-order chi connectivity index (χ1) is 9.47.